The van der Waals surface area contributed by atoms with Gasteiger partial charge in [0.25, 0.3) is 0 Å². The lowest BCUT2D eigenvalue weighted by Gasteiger charge is -2.19. The first kappa shape index (κ1) is 16.8. The van der Waals surface area contributed by atoms with Gasteiger partial charge in [-0.1, -0.05) is 36.8 Å². The molecule has 0 saturated heterocycles. The number of fused-ring (bicyclic) bond motifs is 1. The van der Waals surface area contributed by atoms with Gasteiger partial charge in [-0.25, -0.2) is 0 Å². The fourth-order valence-electron chi connectivity index (χ4n) is 3.51. The third kappa shape index (κ3) is 3.55. The van der Waals surface area contributed by atoms with Crippen LogP contribution in [-0.4, -0.2) is 46.7 Å². The zero-order valence-corrected chi connectivity index (χ0v) is 14.4. The molecule has 1 aromatic carbocycles. The van der Waals surface area contributed by atoms with Gasteiger partial charge in [0.2, 0.25) is 0 Å². The largest absolute Gasteiger partial charge is 0.395 e. The number of allylic oxidation sites excluding steroid dienone is 1. The number of aromatic nitrogens is 2. The summed E-state index contributed by atoms with van der Waals surface area (Å²) >= 11 is 0. The quantitative estimate of drug-likeness (QED) is 0.851. The molecule has 0 fully saturated rings. The molecule has 0 saturated carbocycles. The summed E-state index contributed by atoms with van der Waals surface area (Å²) in [5.74, 6) is 0.237. The van der Waals surface area contributed by atoms with Crippen LogP contribution in [0.4, 0.5) is 0 Å². The molecule has 1 aliphatic carbocycles. The summed E-state index contributed by atoms with van der Waals surface area (Å²) in [6.07, 6.45) is 7.39. The van der Waals surface area contributed by atoms with Crippen LogP contribution < -0.4 is 0 Å². The zero-order chi connectivity index (χ0) is 16.9. The third-order valence-electron chi connectivity index (χ3n) is 4.83. The highest BCUT2D eigenvalue weighted by Crippen LogP contribution is 2.42. The van der Waals surface area contributed by atoms with Crippen LogP contribution in [0.25, 0.3) is 5.57 Å². The van der Waals surface area contributed by atoms with Crippen molar-refractivity contribution in [2.75, 3.05) is 26.7 Å². The van der Waals surface area contributed by atoms with Gasteiger partial charge in [0.05, 0.1) is 12.3 Å². The van der Waals surface area contributed by atoms with Crippen molar-refractivity contribution in [2.45, 2.75) is 25.7 Å². The minimum Gasteiger partial charge on any atom is -0.395 e. The standard InChI is InChI=1S/C20H25N3O/c1-15(19-14-21-8-9-22-19)20-17(7-10-23(2)11-12-24)13-16-5-3-4-6-18(16)20/h3-6,8-9,14-15,24H,7,10-13H2,1-2H3. The van der Waals surface area contributed by atoms with Crippen molar-refractivity contribution in [3.8, 4) is 0 Å². The van der Waals surface area contributed by atoms with E-state index in [1.54, 1.807) is 12.4 Å². The monoisotopic (exact) mass is 323 g/mol. The van der Waals surface area contributed by atoms with Crippen LogP contribution in [0.1, 0.15) is 36.1 Å². The van der Waals surface area contributed by atoms with Gasteiger partial charge in [0.1, 0.15) is 0 Å². The summed E-state index contributed by atoms with van der Waals surface area (Å²) in [5, 5.41) is 9.09. The number of hydrogen-bond donors (Lipinski definition) is 1. The Kier molecular flexibility index (Phi) is 5.38. The molecule has 1 atom stereocenters. The van der Waals surface area contributed by atoms with Crippen LogP contribution in [0.3, 0.4) is 0 Å². The summed E-state index contributed by atoms with van der Waals surface area (Å²) in [4.78, 5) is 10.9. The molecular formula is C20H25N3O. The summed E-state index contributed by atoms with van der Waals surface area (Å²) in [7, 11) is 2.06. The van der Waals surface area contributed by atoms with Crippen LogP contribution in [0, 0.1) is 0 Å². The Hall–Kier alpha value is -2.04. The maximum atomic E-state index is 9.09. The minimum absolute atomic E-state index is 0.207. The minimum atomic E-state index is 0.207. The lowest BCUT2D eigenvalue weighted by molar-refractivity contribution is 0.222. The van der Waals surface area contributed by atoms with Gasteiger partial charge in [-0.05, 0) is 36.6 Å². The van der Waals surface area contributed by atoms with Crippen LogP contribution in [0.5, 0.6) is 0 Å². The van der Waals surface area contributed by atoms with E-state index in [4.69, 9.17) is 5.11 Å². The van der Waals surface area contributed by atoms with Crippen LogP contribution in [0.2, 0.25) is 0 Å². The summed E-state index contributed by atoms with van der Waals surface area (Å²) < 4.78 is 0. The van der Waals surface area contributed by atoms with Crippen LogP contribution in [-0.2, 0) is 6.42 Å². The molecule has 1 heterocycles. The van der Waals surface area contributed by atoms with Gasteiger partial charge >= 0.3 is 0 Å². The van der Waals surface area contributed by atoms with Gasteiger partial charge in [-0.3, -0.25) is 9.97 Å². The Morgan fingerprint density at radius 2 is 2.04 bits per heavy atom. The normalized spacial score (nSPS) is 15.0. The highest BCUT2D eigenvalue weighted by atomic mass is 16.3. The Bertz CT molecular complexity index is 712. The Morgan fingerprint density at radius 1 is 1.21 bits per heavy atom. The summed E-state index contributed by atoms with van der Waals surface area (Å²) in [6, 6.07) is 8.68. The zero-order valence-electron chi connectivity index (χ0n) is 14.4. The molecule has 2 aromatic rings. The molecule has 0 radical (unpaired) electrons. The number of hydrogen-bond acceptors (Lipinski definition) is 4. The van der Waals surface area contributed by atoms with Gasteiger partial charge in [-0.2, -0.15) is 0 Å². The third-order valence-corrected chi connectivity index (χ3v) is 4.83. The second kappa shape index (κ2) is 7.69. The van der Waals surface area contributed by atoms with E-state index in [0.29, 0.717) is 0 Å². The molecule has 24 heavy (non-hydrogen) atoms. The molecule has 4 heteroatoms. The fraction of sp³-hybridized carbons (Fsp3) is 0.400. The van der Waals surface area contributed by atoms with Crippen molar-refractivity contribution < 1.29 is 5.11 Å². The first-order valence-corrected chi connectivity index (χ1v) is 8.56. The lowest BCUT2D eigenvalue weighted by atomic mass is 9.90. The maximum absolute atomic E-state index is 9.09. The van der Waals surface area contributed by atoms with Crippen molar-refractivity contribution in [1.29, 1.82) is 0 Å². The van der Waals surface area contributed by atoms with E-state index in [9.17, 15) is 0 Å². The molecule has 1 aliphatic rings. The van der Waals surface area contributed by atoms with Crippen LogP contribution >= 0.6 is 0 Å². The van der Waals surface area contributed by atoms with E-state index in [1.807, 2.05) is 6.20 Å². The second-order valence-electron chi connectivity index (χ2n) is 6.48. The SMILES string of the molecule is CC(C1=C(CCN(C)CCO)Cc2ccccc21)c1cnccn1. The molecule has 0 spiro atoms. The Morgan fingerprint density at radius 3 is 2.79 bits per heavy atom. The fourth-order valence-corrected chi connectivity index (χ4v) is 3.51. The average molecular weight is 323 g/mol. The number of rotatable bonds is 7. The van der Waals surface area contributed by atoms with Gasteiger partial charge in [0.15, 0.2) is 0 Å². The van der Waals surface area contributed by atoms with E-state index in [2.05, 4.69) is 53.1 Å². The van der Waals surface area contributed by atoms with E-state index in [0.717, 1.165) is 31.6 Å². The first-order chi connectivity index (χ1) is 11.7. The summed E-state index contributed by atoms with van der Waals surface area (Å²) in [6.45, 7) is 4.10. The molecule has 3 rings (SSSR count). The molecule has 0 amide bonds. The summed E-state index contributed by atoms with van der Waals surface area (Å²) in [5.41, 5.74) is 6.67. The van der Waals surface area contributed by atoms with Gasteiger partial charge in [-0.15, -0.1) is 0 Å². The van der Waals surface area contributed by atoms with Gasteiger partial charge < -0.3 is 10.0 Å². The highest BCUT2D eigenvalue weighted by Gasteiger charge is 2.26. The van der Waals surface area contributed by atoms with E-state index >= 15 is 0 Å². The number of nitrogens with zero attached hydrogens (tertiary/aromatic N) is 3. The molecule has 1 unspecified atom stereocenters. The number of likely N-dealkylation sites (N-methyl/N-ethyl adjacent to an activating group) is 1. The molecule has 0 aliphatic heterocycles. The van der Waals surface area contributed by atoms with E-state index in [-0.39, 0.29) is 12.5 Å². The van der Waals surface area contributed by atoms with Crippen molar-refractivity contribution in [1.82, 2.24) is 14.9 Å². The molecule has 4 nitrogen and oxygen atoms in total. The molecule has 1 aromatic heterocycles. The van der Waals surface area contributed by atoms with Crippen molar-refractivity contribution in [3.05, 3.63) is 65.2 Å². The predicted molar refractivity (Wildman–Crippen MR) is 96.7 cm³/mol. The second-order valence-corrected chi connectivity index (χ2v) is 6.48. The van der Waals surface area contributed by atoms with Crippen molar-refractivity contribution in [3.63, 3.8) is 0 Å². The number of benzene rings is 1. The molecule has 126 valence electrons. The van der Waals surface area contributed by atoms with Crippen molar-refractivity contribution >= 4 is 5.57 Å². The molecule has 1 N–H and O–H groups in total. The lowest BCUT2D eigenvalue weighted by Crippen LogP contribution is -2.23. The van der Waals surface area contributed by atoms with E-state index < -0.39 is 0 Å². The van der Waals surface area contributed by atoms with E-state index in [1.165, 1.54) is 22.3 Å². The van der Waals surface area contributed by atoms with Gasteiger partial charge in [0, 0.05) is 37.6 Å². The molecule has 0 bridgehead atoms. The maximum Gasteiger partial charge on any atom is 0.0658 e. The number of aliphatic hydroxyl groups excluding tert-OH is 1. The number of aliphatic hydroxyl groups is 1. The Balaban J connectivity index is 1.89. The Labute approximate surface area is 143 Å². The first-order valence-electron chi connectivity index (χ1n) is 8.56. The van der Waals surface area contributed by atoms with Crippen LogP contribution in [0.15, 0.2) is 48.4 Å². The topological polar surface area (TPSA) is 49.2 Å². The smallest absolute Gasteiger partial charge is 0.0658 e. The van der Waals surface area contributed by atoms with Crippen molar-refractivity contribution in [2.24, 2.45) is 0 Å². The molecular weight excluding hydrogens is 298 g/mol. The predicted octanol–water partition coefficient (Wildman–Crippen LogP) is 2.90. The average Bonchev–Trinajstić information content (AvgIpc) is 2.99. The highest BCUT2D eigenvalue weighted by molar-refractivity contribution is 5.80.